The van der Waals surface area contributed by atoms with Crippen molar-refractivity contribution in [1.29, 1.82) is 0 Å². The summed E-state index contributed by atoms with van der Waals surface area (Å²) < 4.78 is 23.0. The van der Waals surface area contributed by atoms with E-state index in [0.717, 1.165) is 0 Å². The van der Waals surface area contributed by atoms with Gasteiger partial charge < -0.3 is 10.2 Å². The quantitative estimate of drug-likeness (QED) is 0.414. The molecule has 0 fully saturated rings. The van der Waals surface area contributed by atoms with Gasteiger partial charge in [-0.05, 0) is 0 Å². The molecule has 0 bridgehead atoms. The topological polar surface area (TPSA) is 40.5 Å². The van der Waals surface area contributed by atoms with Crippen molar-refractivity contribution in [3.05, 3.63) is 0 Å². The first-order chi connectivity index (χ1) is 3.50. The molecule has 0 unspecified atom stereocenters. The molecule has 50 valence electrons. The van der Waals surface area contributed by atoms with Gasteiger partial charge in [0.1, 0.15) is 0 Å². The van der Waals surface area contributed by atoms with Crippen molar-refractivity contribution in [2.75, 3.05) is 4.43 Å². The third kappa shape index (κ3) is 2.19. The van der Waals surface area contributed by atoms with E-state index in [1.807, 2.05) is 0 Å². The Morgan fingerprint density at radius 3 is 1.88 bits per heavy atom. The molecule has 5 heteroatoms. The third-order valence-corrected chi connectivity index (χ3v) is 1.57. The molecule has 0 radical (unpaired) electrons. The minimum Gasteiger partial charge on any atom is -0.363 e. The molecular weight excluding hydrogens is 233 g/mol. The highest BCUT2D eigenvalue weighted by atomic mass is 127. The monoisotopic (exact) mass is 238 g/mol. The number of alkyl halides is 3. The van der Waals surface area contributed by atoms with E-state index in [0.29, 0.717) is 0 Å². The minimum atomic E-state index is -3.36. The van der Waals surface area contributed by atoms with E-state index in [2.05, 4.69) is 0 Å². The molecule has 0 aliphatic rings. The highest BCUT2D eigenvalue weighted by Crippen LogP contribution is 2.19. The number of rotatable bonds is 2. The van der Waals surface area contributed by atoms with Crippen LogP contribution in [0.4, 0.5) is 8.78 Å². The summed E-state index contributed by atoms with van der Waals surface area (Å²) in [5.74, 6) is -3.36. The third-order valence-electron chi connectivity index (χ3n) is 0.556. The first kappa shape index (κ1) is 8.51. The molecule has 0 aromatic carbocycles. The maximum absolute atomic E-state index is 11.8. The second kappa shape index (κ2) is 2.88. The summed E-state index contributed by atoms with van der Waals surface area (Å²) in [5.41, 5.74) is 0. The van der Waals surface area contributed by atoms with Crippen molar-refractivity contribution in [3.63, 3.8) is 0 Å². The number of hydrogen-bond acceptors (Lipinski definition) is 2. The molecule has 0 atom stereocenters. The molecule has 0 aromatic heterocycles. The van der Waals surface area contributed by atoms with Gasteiger partial charge in [0.25, 0.3) is 0 Å². The van der Waals surface area contributed by atoms with Crippen LogP contribution in [0.5, 0.6) is 0 Å². The zero-order valence-corrected chi connectivity index (χ0v) is 5.97. The number of aliphatic hydroxyl groups excluding tert-OH is 1. The molecule has 0 aromatic rings. The number of aliphatic hydroxyl groups is 2. The van der Waals surface area contributed by atoms with Crippen LogP contribution in [0.2, 0.25) is 0 Å². The van der Waals surface area contributed by atoms with Crippen LogP contribution in [0.3, 0.4) is 0 Å². The fraction of sp³-hybridized carbons (Fsp3) is 1.00. The molecular formula is C3H5F2IO2. The van der Waals surface area contributed by atoms with E-state index >= 15 is 0 Å². The van der Waals surface area contributed by atoms with E-state index in [9.17, 15) is 8.78 Å². The van der Waals surface area contributed by atoms with Crippen LogP contribution in [0, 0.1) is 0 Å². The van der Waals surface area contributed by atoms with Crippen LogP contribution in [-0.2, 0) is 0 Å². The fourth-order valence-electron chi connectivity index (χ4n) is 0.0690. The van der Waals surface area contributed by atoms with Gasteiger partial charge in [-0.3, -0.25) is 0 Å². The highest BCUT2D eigenvalue weighted by molar-refractivity contribution is 14.1. The van der Waals surface area contributed by atoms with Crippen molar-refractivity contribution in [3.8, 4) is 0 Å². The Balaban J connectivity index is 3.71. The van der Waals surface area contributed by atoms with Gasteiger partial charge in [-0.25, -0.2) is 8.78 Å². The van der Waals surface area contributed by atoms with Crippen molar-refractivity contribution < 1.29 is 19.0 Å². The lowest BCUT2D eigenvalue weighted by molar-refractivity contribution is -0.193. The van der Waals surface area contributed by atoms with Crippen LogP contribution in [0.1, 0.15) is 0 Å². The average Bonchev–Trinajstić information content (AvgIpc) is 1.67. The summed E-state index contributed by atoms with van der Waals surface area (Å²) >= 11 is 1.38. The van der Waals surface area contributed by atoms with Gasteiger partial charge in [-0.2, -0.15) is 0 Å². The van der Waals surface area contributed by atoms with Gasteiger partial charge >= 0.3 is 5.92 Å². The molecule has 0 spiro atoms. The Hall–Kier alpha value is 0.510. The molecule has 0 amide bonds. The maximum Gasteiger partial charge on any atom is 0.306 e. The molecule has 0 aliphatic heterocycles. The van der Waals surface area contributed by atoms with Crippen LogP contribution in [0.15, 0.2) is 0 Å². The molecule has 2 N–H and O–H groups in total. The SMILES string of the molecule is OC(O)C(F)(F)CI. The summed E-state index contributed by atoms with van der Waals surface area (Å²) in [6.45, 7) is 0. The van der Waals surface area contributed by atoms with Crippen LogP contribution in [0.25, 0.3) is 0 Å². The smallest absolute Gasteiger partial charge is 0.306 e. The van der Waals surface area contributed by atoms with Gasteiger partial charge in [0.2, 0.25) is 6.29 Å². The fourth-order valence-corrected chi connectivity index (χ4v) is 0.463. The lowest BCUT2D eigenvalue weighted by Crippen LogP contribution is -2.34. The van der Waals surface area contributed by atoms with Crippen molar-refractivity contribution >= 4 is 22.6 Å². The second-order valence-corrected chi connectivity index (χ2v) is 2.03. The molecule has 0 saturated heterocycles. The molecule has 0 heterocycles. The lowest BCUT2D eigenvalue weighted by atomic mass is 10.4. The Kier molecular flexibility index (Phi) is 3.07. The molecule has 0 saturated carbocycles. The molecule has 0 aliphatic carbocycles. The molecule has 8 heavy (non-hydrogen) atoms. The van der Waals surface area contributed by atoms with Gasteiger partial charge in [0.15, 0.2) is 0 Å². The van der Waals surface area contributed by atoms with Crippen molar-refractivity contribution in [2.45, 2.75) is 12.2 Å². The first-order valence-corrected chi connectivity index (χ1v) is 3.33. The van der Waals surface area contributed by atoms with E-state index in [1.54, 1.807) is 0 Å². The summed E-state index contributed by atoms with van der Waals surface area (Å²) in [6, 6.07) is 0. The first-order valence-electron chi connectivity index (χ1n) is 1.80. The Morgan fingerprint density at radius 1 is 1.50 bits per heavy atom. The van der Waals surface area contributed by atoms with Crippen LogP contribution < -0.4 is 0 Å². The van der Waals surface area contributed by atoms with Gasteiger partial charge in [0.05, 0.1) is 4.43 Å². The van der Waals surface area contributed by atoms with E-state index < -0.39 is 16.6 Å². The van der Waals surface area contributed by atoms with Crippen molar-refractivity contribution in [1.82, 2.24) is 0 Å². The summed E-state index contributed by atoms with van der Waals surface area (Å²) in [5, 5.41) is 15.8. The van der Waals surface area contributed by atoms with Gasteiger partial charge in [0, 0.05) is 0 Å². The highest BCUT2D eigenvalue weighted by Gasteiger charge is 2.35. The second-order valence-electron chi connectivity index (χ2n) is 1.27. The normalized spacial score (nSPS) is 12.8. The number of hydrogen-bond donors (Lipinski definition) is 2. The molecule has 2 nitrogen and oxygen atoms in total. The predicted molar refractivity (Wildman–Crippen MR) is 32.1 cm³/mol. The Morgan fingerprint density at radius 2 is 1.88 bits per heavy atom. The van der Waals surface area contributed by atoms with Crippen LogP contribution >= 0.6 is 22.6 Å². The summed E-state index contributed by atoms with van der Waals surface area (Å²) in [7, 11) is 0. The Bertz CT molecular complexity index is 75.7. The van der Waals surface area contributed by atoms with Crippen molar-refractivity contribution in [2.24, 2.45) is 0 Å². The van der Waals surface area contributed by atoms with E-state index in [1.165, 1.54) is 22.6 Å². The Labute approximate surface area is 58.7 Å². The summed E-state index contributed by atoms with van der Waals surface area (Å²) in [4.78, 5) is 0. The van der Waals surface area contributed by atoms with Crippen LogP contribution in [-0.4, -0.2) is 26.9 Å². The van der Waals surface area contributed by atoms with E-state index in [4.69, 9.17) is 10.2 Å². The molecule has 0 rings (SSSR count). The lowest BCUT2D eigenvalue weighted by Gasteiger charge is -2.13. The zero-order valence-electron chi connectivity index (χ0n) is 3.81. The van der Waals surface area contributed by atoms with Gasteiger partial charge in [-0.15, -0.1) is 0 Å². The summed E-state index contributed by atoms with van der Waals surface area (Å²) in [6.07, 6.45) is -2.53. The minimum absolute atomic E-state index is 0.581. The largest absolute Gasteiger partial charge is 0.363 e. The van der Waals surface area contributed by atoms with E-state index in [-0.39, 0.29) is 0 Å². The zero-order chi connectivity index (χ0) is 6.78. The predicted octanol–water partition coefficient (Wildman–Crippen LogP) is 0.367. The number of halogens is 3. The standard InChI is InChI=1S/C3H5F2IO2/c4-3(5,1-6)2(7)8/h2,7-8H,1H2. The van der Waals surface area contributed by atoms with Gasteiger partial charge in [-0.1, -0.05) is 22.6 Å². The maximum atomic E-state index is 11.8. The average molecular weight is 238 g/mol.